The Kier molecular flexibility index (Phi) is 4.88. The Balaban J connectivity index is 2.13. The number of hydrogen-bond donors (Lipinski definition) is 1. The van der Waals surface area contributed by atoms with E-state index < -0.39 is 0 Å². The summed E-state index contributed by atoms with van der Waals surface area (Å²) < 4.78 is 5.15. The molecule has 0 heterocycles. The molecule has 0 saturated heterocycles. The fourth-order valence-electron chi connectivity index (χ4n) is 1.77. The Morgan fingerprint density at radius 2 is 1.95 bits per heavy atom. The number of methoxy groups -OCH3 is 1. The van der Waals surface area contributed by atoms with Crippen molar-refractivity contribution in [2.24, 2.45) is 0 Å². The van der Waals surface area contributed by atoms with Crippen LogP contribution in [0, 0.1) is 0 Å². The third kappa shape index (κ3) is 3.44. The molecule has 0 unspecified atom stereocenters. The summed E-state index contributed by atoms with van der Waals surface area (Å²) in [5.41, 5.74) is 1.25. The molecule has 0 aliphatic rings. The zero-order valence-electron chi connectivity index (χ0n) is 10.8. The SMILES string of the molecule is COc1ccc(Cl)cc1C(=O)NCc1ccccc1Cl. The monoisotopic (exact) mass is 309 g/mol. The molecule has 0 radical (unpaired) electrons. The van der Waals surface area contributed by atoms with E-state index in [2.05, 4.69) is 5.32 Å². The lowest BCUT2D eigenvalue weighted by Crippen LogP contribution is -2.23. The largest absolute Gasteiger partial charge is 0.496 e. The van der Waals surface area contributed by atoms with E-state index in [9.17, 15) is 4.79 Å². The first-order valence-electron chi connectivity index (χ1n) is 5.97. The maximum atomic E-state index is 12.2. The van der Waals surface area contributed by atoms with E-state index in [4.69, 9.17) is 27.9 Å². The molecule has 0 aliphatic heterocycles. The maximum absolute atomic E-state index is 12.2. The van der Waals surface area contributed by atoms with Gasteiger partial charge in [0.1, 0.15) is 5.75 Å². The zero-order chi connectivity index (χ0) is 14.5. The summed E-state index contributed by atoms with van der Waals surface area (Å²) in [6.07, 6.45) is 0. The molecule has 5 heteroatoms. The number of amides is 1. The number of nitrogens with one attached hydrogen (secondary N) is 1. The minimum atomic E-state index is -0.260. The molecule has 2 aromatic rings. The molecule has 0 saturated carbocycles. The van der Waals surface area contributed by atoms with Crippen LogP contribution in [0.3, 0.4) is 0 Å². The normalized spacial score (nSPS) is 10.2. The molecule has 1 amide bonds. The molecule has 20 heavy (non-hydrogen) atoms. The van der Waals surface area contributed by atoms with Crippen LogP contribution >= 0.6 is 23.2 Å². The Morgan fingerprint density at radius 1 is 1.20 bits per heavy atom. The van der Waals surface area contributed by atoms with Gasteiger partial charge in [-0.2, -0.15) is 0 Å². The van der Waals surface area contributed by atoms with Crippen LogP contribution < -0.4 is 10.1 Å². The highest BCUT2D eigenvalue weighted by atomic mass is 35.5. The average molecular weight is 310 g/mol. The van der Waals surface area contributed by atoms with Crippen LogP contribution in [0.25, 0.3) is 0 Å². The van der Waals surface area contributed by atoms with Gasteiger partial charge in [0.15, 0.2) is 0 Å². The van der Waals surface area contributed by atoms with Crippen LogP contribution in [0.5, 0.6) is 5.75 Å². The lowest BCUT2D eigenvalue weighted by molar-refractivity contribution is 0.0948. The zero-order valence-corrected chi connectivity index (χ0v) is 12.3. The van der Waals surface area contributed by atoms with Crippen molar-refractivity contribution < 1.29 is 9.53 Å². The molecule has 0 aliphatic carbocycles. The van der Waals surface area contributed by atoms with Crippen molar-refractivity contribution in [2.75, 3.05) is 7.11 Å². The van der Waals surface area contributed by atoms with Crippen LogP contribution in [0.15, 0.2) is 42.5 Å². The highest BCUT2D eigenvalue weighted by Crippen LogP contribution is 2.23. The van der Waals surface area contributed by atoms with Gasteiger partial charge in [-0.05, 0) is 29.8 Å². The maximum Gasteiger partial charge on any atom is 0.255 e. The number of hydrogen-bond acceptors (Lipinski definition) is 2. The molecule has 2 rings (SSSR count). The molecular formula is C15H13Cl2NO2. The summed E-state index contributed by atoms with van der Waals surface area (Å²) in [4.78, 5) is 12.2. The minimum absolute atomic E-state index is 0.260. The van der Waals surface area contributed by atoms with Gasteiger partial charge in [0, 0.05) is 16.6 Å². The van der Waals surface area contributed by atoms with Crippen LogP contribution in [-0.4, -0.2) is 13.0 Å². The summed E-state index contributed by atoms with van der Waals surface area (Å²) >= 11 is 11.9. The number of carbonyl (C=O) groups is 1. The van der Waals surface area contributed by atoms with Crippen LogP contribution in [0.1, 0.15) is 15.9 Å². The fraction of sp³-hybridized carbons (Fsp3) is 0.133. The van der Waals surface area contributed by atoms with E-state index >= 15 is 0 Å². The molecule has 2 aromatic carbocycles. The van der Waals surface area contributed by atoms with Gasteiger partial charge in [0.25, 0.3) is 5.91 Å². The standard InChI is InChI=1S/C15H13Cl2NO2/c1-20-14-7-6-11(16)8-12(14)15(19)18-9-10-4-2-3-5-13(10)17/h2-8H,9H2,1H3,(H,18,19). The van der Waals surface area contributed by atoms with E-state index in [1.807, 2.05) is 18.2 Å². The van der Waals surface area contributed by atoms with Gasteiger partial charge in [-0.3, -0.25) is 4.79 Å². The molecule has 0 spiro atoms. The summed E-state index contributed by atoms with van der Waals surface area (Å²) in [5.74, 6) is 0.218. The van der Waals surface area contributed by atoms with Crippen molar-refractivity contribution in [3.05, 3.63) is 63.6 Å². The van der Waals surface area contributed by atoms with E-state index in [1.165, 1.54) is 7.11 Å². The predicted molar refractivity (Wildman–Crippen MR) is 80.6 cm³/mol. The van der Waals surface area contributed by atoms with Crippen molar-refractivity contribution >= 4 is 29.1 Å². The Morgan fingerprint density at radius 3 is 2.65 bits per heavy atom. The highest BCUT2D eigenvalue weighted by molar-refractivity contribution is 6.31. The van der Waals surface area contributed by atoms with Crippen LogP contribution in [0.4, 0.5) is 0 Å². The predicted octanol–water partition coefficient (Wildman–Crippen LogP) is 3.93. The van der Waals surface area contributed by atoms with Gasteiger partial charge in [0.2, 0.25) is 0 Å². The topological polar surface area (TPSA) is 38.3 Å². The molecule has 0 atom stereocenters. The lowest BCUT2D eigenvalue weighted by Gasteiger charge is -2.10. The second-order valence-corrected chi connectivity index (χ2v) is 4.96. The Labute approximate surface area is 127 Å². The first-order valence-corrected chi connectivity index (χ1v) is 6.72. The minimum Gasteiger partial charge on any atom is -0.496 e. The quantitative estimate of drug-likeness (QED) is 0.929. The molecule has 104 valence electrons. The Bertz CT molecular complexity index is 629. The van der Waals surface area contributed by atoms with Crippen LogP contribution in [-0.2, 0) is 6.54 Å². The third-order valence-electron chi connectivity index (χ3n) is 2.80. The van der Waals surface area contributed by atoms with E-state index in [0.29, 0.717) is 27.9 Å². The van der Waals surface area contributed by atoms with Gasteiger partial charge in [-0.1, -0.05) is 41.4 Å². The van der Waals surface area contributed by atoms with E-state index in [-0.39, 0.29) is 5.91 Å². The molecule has 3 nitrogen and oxygen atoms in total. The van der Waals surface area contributed by atoms with Crippen molar-refractivity contribution in [3.8, 4) is 5.75 Å². The fourth-order valence-corrected chi connectivity index (χ4v) is 2.14. The van der Waals surface area contributed by atoms with Crippen LogP contribution in [0.2, 0.25) is 10.0 Å². The first kappa shape index (κ1) is 14.7. The van der Waals surface area contributed by atoms with Gasteiger partial charge < -0.3 is 10.1 Å². The van der Waals surface area contributed by atoms with Gasteiger partial charge in [-0.25, -0.2) is 0 Å². The summed E-state index contributed by atoms with van der Waals surface area (Å²) in [5, 5.41) is 3.89. The molecule has 0 fully saturated rings. The van der Waals surface area contributed by atoms with Crippen molar-refractivity contribution in [2.45, 2.75) is 6.54 Å². The third-order valence-corrected chi connectivity index (χ3v) is 3.41. The van der Waals surface area contributed by atoms with E-state index in [0.717, 1.165) is 5.56 Å². The molecule has 0 aromatic heterocycles. The summed E-state index contributed by atoms with van der Waals surface area (Å²) in [6.45, 7) is 0.341. The van der Waals surface area contributed by atoms with Crippen molar-refractivity contribution in [1.82, 2.24) is 5.32 Å². The van der Waals surface area contributed by atoms with Crippen molar-refractivity contribution in [1.29, 1.82) is 0 Å². The number of ether oxygens (including phenoxy) is 1. The second kappa shape index (κ2) is 6.64. The average Bonchev–Trinajstić information content (AvgIpc) is 2.46. The van der Waals surface area contributed by atoms with E-state index in [1.54, 1.807) is 24.3 Å². The second-order valence-electron chi connectivity index (χ2n) is 4.12. The lowest BCUT2D eigenvalue weighted by atomic mass is 10.1. The Hall–Kier alpha value is -1.71. The van der Waals surface area contributed by atoms with Gasteiger partial charge in [-0.15, -0.1) is 0 Å². The summed E-state index contributed by atoms with van der Waals surface area (Å²) in [7, 11) is 1.51. The number of halogens is 2. The molecular weight excluding hydrogens is 297 g/mol. The number of benzene rings is 2. The molecule has 1 N–H and O–H groups in total. The summed E-state index contributed by atoms with van der Waals surface area (Å²) in [6, 6.07) is 12.3. The first-order chi connectivity index (χ1) is 9.61. The van der Waals surface area contributed by atoms with Crippen molar-refractivity contribution in [3.63, 3.8) is 0 Å². The number of carbonyl (C=O) groups excluding carboxylic acids is 1. The number of rotatable bonds is 4. The van der Waals surface area contributed by atoms with Gasteiger partial charge in [0.05, 0.1) is 12.7 Å². The highest BCUT2D eigenvalue weighted by Gasteiger charge is 2.13. The van der Waals surface area contributed by atoms with Gasteiger partial charge >= 0.3 is 0 Å². The smallest absolute Gasteiger partial charge is 0.255 e. The molecule has 0 bridgehead atoms.